The molecule has 1 aromatic carbocycles. The first-order valence-electron chi connectivity index (χ1n) is 10.1. The number of H-pyrrole nitrogens is 1. The number of aromatic nitrogens is 5. The second-order valence-electron chi connectivity index (χ2n) is 7.37. The summed E-state index contributed by atoms with van der Waals surface area (Å²) in [4.78, 5) is 40.3. The van der Waals surface area contributed by atoms with Crippen molar-refractivity contribution in [2.75, 3.05) is 11.9 Å². The molecular formula is C23H23N7O2. The fourth-order valence-corrected chi connectivity index (χ4v) is 3.51. The third-order valence-corrected chi connectivity index (χ3v) is 5.12. The molecule has 0 aliphatic rings. The van der Waals surface area contributed by atoms with Crippen molar-refractivity contribution in [3.8, 4) is 5.95 Å². The molecule has 9 heteroatoms. The quantitative estimate of drug-likeness (QED) is 0.371. The smallest absolute Gasteiger partial charge is 0.300 e. The van der Waals surface area contributed by atoms with Gasteiger partial charge in [-0.05, 0) is 43.7 Å². The highest BCUT2D eigenvalue weighted by atomic mass is 16.1. The van der Waals surface area contributed by atoms with Crippen LogP contribution in [0.2, 0.25) is 0 Å². The molecule has 1 amide bonds. The van der Waals surface area contributed by atoms with Gasteiger partial charge in [0, 0.05) is 48.0 Å². The van der Waals surface area contributed by atoms with Crippen molar-refractivity contribution in [2.45, 2.75) is 20.3 Å². The third-order valence-electron chi connectivity index (χ3n) is 5.12. The highest BCUT2D eigenvalue weighted by Crippen LogP contribution is 2.23. The van der Waals surface area contributed by atoms with Crippen LogP contribution in [0.1, 0.15) is 22.5 Å². The van der Waals surface area contributed by atoms with Gasteiger partial charge in [0.2, 0.25) is 12.4 Å². The van der Waals surface area contributed by atoms with Gasteiger partial charge in [0.1, 0.15) is 0 Å². The summed E-state index contributed by atoms with van der Waals surface area (Å²) in [5, 5.41) is 5.67. The van der Waals surface area contributed by atoms with E-state index in [1.165, 1.54) is 4.57 Å². The molecule has 0 saturated carbocycles. The molecule has 32 heavy (non-hydrogen) atoms. The summed E-state index contributed by atoms with van der Waals surface area (Å²) in [5.41, 5.74) is 4.89. The van der Waals surface area contributed by atoms with Gasteiger partial charge in [-0.25, -0.2) is 14.5 Å². The molecule has 0 bridgehead atoms. The van der Waals surface area contributed by atoms with Crippen molar-refractivity contribution in [2.24, 2.45) is 0 Å². The molecule has 3 heterocycles. The van der Waals surface area contributed by atoms with Gasteiger partial charge in [0.25, 0.3) is 5.56 Å². The number of carbonyl (C=O) groups excluding carboxylic acids is 1. The average Bonchev–Trinajstić information content (AvgIpc) is 3.18. The van der Waals surface area contributed by atoms with Crippen molar-refractivity contribution >= 4 is 29.0 Å². The number of pyridine rings is 1. The number of fused-ring (bicyclic) bond motifs is 1. The maximum atomic E-state index is 13.1. The third kappa shape index (κ3) is 4.13. The summed E-state index contributed by atoms with van der Waals surface area (Å²) in [6.07, 6.45) is 4.63. The monoisotopic (exact) mass is 429 g/mol. The van der Waals surface area contributed by atoms with Crippen molar-refractivity contribution in [1.29, 1.82) is 0 Å². The summed E-state index contributed by atoms with van der Waals surface area (Å²) in [6, 6.07) is 9.47. The van der Waals surface area contributed by atoms with Gasteiger partial charge >= 0.3 is 0 Å². The Morgan fingerprint density at radius 2 is 2.09 bits per heavy atom. The first-order chi connectivity index (χ1) is 15.5. The first-order valence-corrected chi connectivity index (χ1v) is 10.1. The summed E-state index contributed by atoms with van der Waals surface area (Å²) in [6.45, 7) is 8.12. The molecule has 4 rings (SSSR count). The van der Waals surface area contributed by atoms with Gasteiger partial charge in [0.05, 0.1) is 11.0 Å². The number of nitrogens with zero attached hydrogens (tertiary/aromatic N) is 4. The van der Waals surface area contributed by atoms with E-state index in [-0.39, 0.29) is 11.4 Å². The fraction of sp³-hybridized carbons (Fsp3) is 0.174. The van der Waals surface area contributed by atoms with Crippen LogP contribution < -0.4 is 16.2 Å². The van der Waals surface area contributed by atoms with Crippen LogP contribution in [0.15, 0.2) is 54.1 Å². The Bertz CT molecular complexity index is 1360. The zero-order valence-electron chi connectivity index (χ0n) is 17.8. The molecule has 0 fully saturated rings. The van der Waals surface area contributed by atoms with Gasteiger partial charge in [0.15, 0.2) is 5.82 Å². The normalized spacial score (nSPS) is 10.8. The van der Waals surface area contributed by atoms with Gasteiger partial charge in [-0.15, -0.1) is 0 Å². The predicted octanol–water partition coefficient (Wildman–Crippen LogP) is 2.49. The van der Waals surface area contributed by atoms with Crippen LogP contribution in [0.3, 0.4) is 0 Å². The van der Waals surface area contributed by atoms with Crippen LogP contribution in [-0.2, 0) is 11.2 Å². The zero-order valence-corrected chi connectivity index (χ0v) is 17.8. The van der Waals surface area contributed by atoms with Gasteiger partial charge < -0.3 is 15.6 Å². The average molecular weight is 429 g/mol. The predicted molar refractivity (Wildman–Crippen MR) is 124 cm³/mol. The number of aryl methyl sites for hydroxylation is 2. The van der Waals surface area contributed by atoms with E-state index in [2.05, 4.69) is 37.1 Å². The minimum atomic E-state index is -0.297. The first kappa shape index (κ1) is 21.0. The molecule has 3 aromatic heterocycles. The van der Waals surface area contributed by atoms with E-state index in [9.17, 15) is 9.59 Å². The van der Waals surface area contributed by atoms with E-state index in [1.807, 2.05) is 37.3 Å². The van der Waals surface area contributed by atoms with Crippen molar-refractivity contribution < 1.29 is 4.79 Å². The lowest BCUT2D eigenvalue weighted by atomic mass is 10.1. The van der Waals surface area contributed by atoms with Crippen LogP contribution in [0.4, 0.5) is 5.82 Å². The molecule has 0 aliphatic heterocycles. The van der Waals surface area contributed by atoms with Crippen molar-refractivity contribution in [3.63, 3.8) is 0 Å². The molecule has 4 aromatic rings. The lowest BCUT2D eigenvalue weighted by molar-refractivity contribution is -0.108. The number of hydrogen-bond acceptors (Lipinski definition) is 6. The van der Waals surface area contributed by atoms with Crippen LogP contribution in [-0.4, -0.2) is 37.5 Å². The Labute approximate surface area is 184 Å². The Hall–Kier alpha value is -4.27. The molecule has 0 saturated heterocycles. The number of hydrogen-bond donors (Lipinski definition) is 3. The number of carbonyl (C=O) groups is 1. The van der Waals surface area contributed by atoms with E-state index >= 15 is 0 Å². The molecule has 162 valence electrons. The molecule has 0 aliphatic carbocycles. The fourth-order valence-electron chi connectivity index (χ4n) is 3.51. The van der Waals surface area contributed by atoms with E-state index in [1.54, 1.807) is 19.3 Å². The Morgan fingerprint density at radius 1 is 1.25 bits per heavy atom. The number of imidazole rings is 1. The second-order valence-corrected chi connectivity index (χ2v) is 7.37. The Kier molecular flexibility index (Phi) is 5.80. The Balaban J connectivity index is 1.65. The van der Waals surface area contributed by atoms with Crippen molar-refractivity contribution in [3.05, 3.63) is 82.2 Å². The summed E-state index contributed by atoms with van der Waals surface area (Å²) in [7, 11) is 0. The zero-order chi connectivity index (χ0) is 22.7. The highest BCUT2D eigenvalue weighted by Gasteiger charge is 2.15. The minimum Gasteiger partial charge on any atom is -0.365 e. The number of benzene rings is 1. The van der Waals surface area contributed by atoms with E-state index < -0.39 is 0 Å². The molecule has 3 N–H and O–H groups in total. The minimum absolute atomic E-state index is 0.243. The molecule has 0 unspecified atom stereocenters. The number of aromatic amines is 1. The maximum Gasteiger partial charge on any atom is 0.300 e. The highest BCUT2D eigenvalue weighted by molar-refractivity contribution is 5.84. The molecule has 0 radical (unpaired) electrons. The van der Waals surface area contributed by atoms with Crippen LogP contribution in [0.5, 0.6) is 0 Å². The van der Waals surface area contributed by atoms with Gasteiger partial charge in [-0.3, -0.25) is 14.6 Å². The van der Waals surface area contributed by atoms with E-state index in [0.29, 0.717) is 42.2 Å². The number of anilines is 1. The van der Waals surface area contributed by atoms with Gasteiger partial charge in [-0.1, -0.05) is 12.6 Å². The van der Waals surface area contributed by atoms with Crippen LogP contribution in [0, 0.1) is 13.8 Å². The SMILES string of the molecule is C=C(NC=O)c1cc2nc(-n3c(C)cnc(NCCc4ccccn4)c3=O)[nH]c2cc1C. The maximum absolute atomic E-state index is 13.1. The number of rotatable bonds is 8. The topological polar surface area (TPSA) is 118 Å². The summed E-state index contributed by atoms with van der Waals surface area (Å²) >= 11 is 0. The second kappa shape index (κ2) is 8.84. The molecular weight excluding hydrogens is 406 g/mol. The molecule has 0 atom stereocenters. The van der Waals surface area contributed by atoms with Gasteiger partial charge in [-0.2, -0.15) is 0 Å². The lowest BCUT2D eigenvalue weighted by Crippen LogP contribution is -2.26. The standard InChI is InChI=1S/C23H23N7O2/c1-14-10-19-20(11-18(14)16(3)27-13-31)29-23(28-19)30-15(2)12-26-21(22(30)32)25-9-7-17-6-4-5-8-24-17/h4-6,8,10-13H,3,7,9H2,1-2H3,(H,25,26)(H,27,31)(H,28,29). The molecule has 9 nitrogen and oxygen atoms in total. The Morgan fingerprint density at radius 3 is 2.84 bits per heavy atom. The molecule has 0 spiro atoms. The summed E-state index contributed by atoms with van der Waals surface area (Å²) in [5.74, 6) is 0.635. The summed E-state index contributed by atoms with van der Waals surface area (Å²) < 4.78 is 1.49. The number of nitrogens with one attached hydrogen (secondary N) is 3. The van der Waals surface area contributed by atoms with Crippen molar-refractivity contribution in [1.82, 2.24) is 29.8 Å². The van der Waals surface area contributed by atoms with Crippen LogP contribution in [0.25, 0.3) is 22.7 Å². The van der Waals surface area contributed by atoms with E-state index in [0.717, 1.165) is 22.3 Å². The number of amides is 1. The van der Waals surface area contributed by atoms with Crippen LogP contribution >= 0.6 is 0 Å². The lowest BCUT2D eigenvalue weighted by Gasteiger charge is -2.10. The largest absolute Gasteiger partial charge is 0.365 e. The van der Waals surface area contributed by atoms with E-state index in [4.69, 9.17) is 0 Å².